The molecule has 0 aromatic rings. The number of amides is 3. The van der Waals surface area contributed by atoms with Crippen LogP contribution in [0.1, 0.15) is 60.8 Å². The van der Waals surface area contributed by atoms with Crippen LogP contribution in [0.3, 0.4) is 0 Å². The minimum Gasteiger partial charge on any atom is -0.490 e. The van der Waals surface area contributed by atoms with Crippen molar-refractivity contribution in [3.05, 3.63) is 71.2 Å². The molecule has 10 nitrogen and oxygen atoms in total. The third-order valence-corrected chi connectivity index (χ3v) is 6.30. The fraction of sp³-hybridized carbons (Fsp3) is 0.484. The molecule has 4 N–H and O–H groups in total. The number of halogens is 1. The molecule has 4 atom stereocenters. The van der Waals surface area contributed by atoms with Gasteiger partial charge in [-0.15, -0.1) is 0 Å². The van der Waals surface area contributed by atoms with Crippen molar-refractivity contribution in [2.45, 2.75) is 79.1 Å². The Labute approximate surface area is 253 Å². The van der Waals surface area contributed by atoms with E-state index in [1.165, 1.54) is 19.4 Å². The van der Waals surface area contributed by atoms with Gasteiger partial charge in [0.05, 0.1) is 7.11 Å². The molecule has 0 aliphatic carbocycles. The highest BCUT2D eigenvalue weighted by Crippen LogP contribution is 2.23. The number of carbonyl (C=O) groups is 4. The van der Waals surface area contributed by atoms with E-state index in [9.17, 15) is 19.2 Å². The number of esters is 1. The van der Waals surface area contributed by atoms with Crippen molar-refractivity contribution in [1.82, 2.24) is 10.6 Å². The van der Waals surface area contributed by atoms with Crippen LogP contribution in [0.4, 0.5) is 4.79 Å². The second-order valence-electron chi connectivity index (χ2n) is 11.0. The molecule has 0 bridgehead atoms. The number of hydrogen-bond acceptors (Lipinski definition) is 7. The topological polar surface area (TPSA) is 146 Å². The Bertz CT molecular complexity index is 1140. The number of methoxy groups -OCH3 is 1. The molecule has 1 aliphatic rings. The van der Waals surface area contributed by atoms with E-state index in [1.807, 2.05) is 46.8 Å². The molecule has 0 aromatic heterocycles. The zero-order chi connectivity index (χ0) is 31.9. The summed E-state index contributed by atoms with van der Waals surface area (Å²) in [6, 6.07) is -0.823. The lowest BCUT2D eigenvalue weighted by atomic mass is 9.86. The maximum absolute atomic E-state index is 12.9. The fourth-order valence-corrected chi connectivity index (χ4v) is 4.02. The summed E-state index contributed by atoms with van der Waals surface area (Å²) in [6.07, 6.45) is 14.5. The molecule has 1 aliphatic heterocycles. The van der Waals surface area contributed by atoms with E-state index in [2.05, 4.69) is 10.6 Å². The predicted molar refractivity (Wildman–Crippen MR) is 163 cm³/mol. The van der Waals surface area contributed by atoms with Crippen LogP contribution in [-0.2, 0) is 28.6 Å². The number of carbonyl (C=O) groups excluding carboxylic acids is 4. The number of allylic oxidation sites excluding steroid dienone is 5. The lowest BCUT2D eigenvalue weighted by Crippen LogP contribution is -2.52. The second kappa shape index (κ2) is 17.9. The van der Waals surface area contributed by atoms with Gasteiger partial charge in [-0.1, -0.05) is 81.3 Å². The van der Waals surface area contributed by atoms with Crippen molar-refractivity contribution < 1.29 is 33.4 Å². The van der Waals surface area contributed by atoms with E-state index in [4.69, 9.17) is 31.5 Å². The smallest absolute Gasteiger partial charge is 0.404 e. The Kier molecular flexibility index (Phi) is 15.4. The van der Waals surface area contributed by atoms with Crippen LogP contribution in [0.25, 0.3) is 0 Å². The predicted octanol–water partition coefficient (Wildman–Crippen LogP) is 5.07. The summed E-state index contributed by atoms with van der Waals surface area (Å²) in [5.74, 6) is -1.10. The minimum atomic E-state index is -0.900. The molecule has 42 heavy (non-hydrogen) atoms. The number of nitrogens with one attached hydrogen (secondary N) is 2. The Morgan fingerprint density at radius 1 is 1.19 bits per heavy atom. The first-order valence-electron chi connectivity index (χ1n) is 13.7. The highest BCUT2D eigenvalue weighted by molar-refractivity contribution is 6.29. The van der Waals surface area contributed by atoms with E-state index in [0.717, 1.165) is 5.57 Å². The number of hydrogen-bond donors (Lipinski definition) is 3. The zero-order valence-electron chi connectivity index (χ0n) is 25.4. The van der Waals surface area contributed by atoms with Crippen molar-refractivity contribution in [3.8, 4) is 0 Å². The van der Waals surface area contributed by atoms with Gasteiger partial charge in [0.25, 0.3) is 0 Å². The molecule has 0 radical (unpaired) electrons. The Hall–Kier alpha value is -3.79. The molecule has 1 heterocycles. The van der Waals surface area contributed by atoms with E-state index < -0.39 is 41.4 Å². The van der Waals surface area contributed by atoms with Crippen LogP contribution in [-0.4, -0.2) is 49.2 Å². The molecular weight excluding hydrogens is 562 g/mol. The highest BCUT2D eigenvalue weighted by atomic mass is 35.5. The first-order valence-corrected chi connectivity index (χ1v) is 14.0. The van der Waals surface area contributed by atoms with Crippen molar-refractivity contribution in [1.29, 1.82) is 0 Å². The van der Waals surface area contributed by atoms with Crippen LogP contribution >= 0.6 is 11.6 Å². The highest BCUT2D eigenvalue weighted by Gasteiger charge is 2.32. The second-order valence-corrected chi connectivity index (χ2v) is 11.6. The average molecular weight is 606 g/mol. The molecule has 11 heteroatoms. The average Bonchev–Trinajstić information content (AvgIpc) is 2.89. The molecule has 3 amide bonds. The summed E-state index contributed by atoms with van der Waals surface area (Å²) in [6.45, 7) is 11.1. The van der Waals surface area contributed by atoms with Gasteiger partial charge in [0.1, 0.15) is 18.2 Å². The van der Waals surface area contributed by atoms with E-state index in [1.54, 1.807) is 37.3 Å². The molecule has 0 spiro atoms. The summed E-state index contributed by atoms with van der Waals surface area (Å²) in [5, 5.41) is 5.98. The summed E-state index contributed by atoms with van der Waals surface area (Å²) >= 11 is 5.84. The largest absolute Gasteiger partial charge is 0.490 e. The van der Waals surface area contributed by atoms with Crippen LogP contribution in [0.15, 0.2) is 71.2 Å². The van der Waals surface area contributed by atoms with Gasteiger partial charge in [0.15, 0.2) is 5.76 Å². The van der Waals surface area contributed by atoms with E-state index in [-0.39, 0.29) is 17.8 Å². The third-order valence-electron chi connectivity index (χ3n) is 6.15. The van der Waals surface area contributed by atoms with Crippen LogP contribution < -0.4 is 16.4 Å². The molecule has 0 saturated carbocycles. The molecule has 0 fully saturated rings. The number of primary amides is 1. The SMILES string of the molecule is COC1=CC[C@@H]([C@@H](C)/C=C(C)/C=C\C=C/C(=O)NC(C(=O)N/C=C\C[C@H](C/C=C(\C)Cl)OC(N)=O)C(C)(C)C)OC1=O. The monoisotopic (exact) mass is 605 g/mol. The first-order chi connectivity index (χ1) is 19.6. The van der Waals surface area contributed by atoms with Gasteiger partial charge < -0.3 is 30.6 Å². The number of rotatable bonds is 14. The Morgan fingerprint density at radius 2 is 1.86 bits per heavy atom. The van der Waals surface area contributed by atoms with E-state index >= 15 is 0 Å². The van der Waals surface area contributed by atoms with Crippen molar-refractivity contribution >= 4 is 35.5 Å². The zero-order valence-corrected chi connectivity index (χ0v) is 26.2. The molecule has 232 valence electrons. The molecular formula is C31H44ClN3O7. The van der Waals surface area contributed by atoms with Gasteiger partial charge in [-0.2, -0.15) is 0 Å². The van der Waals surface area contributed by atoms with Gasteiger partial charge >= 0.3 is 12.1 Å². The number of nitrogens with two attached hydrogens (primary N) is 1. The van der Waals surface area contributed by atoms with Gasteiger partial charge in [-0.05, 0) is 31.5 Å². The van der Waals surface area contributed by atoms with Crippen LogP contribution in [0.2, 0.25) is 0 Å². The Morgan fingerprint density at radius 3 is 2.43 bits per heavy atom. The van der Waals surface area contributed by atoms with Gasteiger partial charge in [-0.25, -0.2) is 9.59 Å². The lowest BCUT2D eigenvalue weighted by Gasteiger charge is -2.29. The first kappa shape index (κ1) is 36.2. The van der Waals surface area contributed by atoms with Crippen molar-refractivity contribution in [2.24, 2.45) is 17.1 Å². The summed E-state index contributed by atoms with van der Waals surface area (Å²) in [5.41, 5.74) is 5.48. The number of ether oxygens (including phenoxy) is 3. The van der Waals surface area contributed by atoms with Crippen molar-refractivity contribution in [2.75, 3.05) is 7.11 Å². The molecule has 1 unspecified atom stereocenters. The standard InChI is InChI=1S/C31H44ClN3O7/c1-20(19-21(2)24-16-17-25(40-7)29(38)42-24)11-8-9-13-26(36)35-27(31(4,5)6)28(37)34-18-10-12-23(41-30(33)39)15-14-22(3)32/h8-11,13-14,17-19,21,23-24,27H,12,15-16H2,1-7H3,(H2,33,39)(H,34,37)(H,35,36)/b11-8-,13-9-,18-10-,20-19+,22-14+/t21-,23+,24-,27?/m0/s1. The quantitative estimate of drug-likeness (QED) is 0.142. The third kappa shape index (κ3) is 14.2. The summed E-state index contributed by atoms with van der Waals surface area (Å²) in [4.78, 5) is 48.5. The normalized spacial score (nSPS) is 18.8. The van der Waals surface area contributed by atoms with Crippen molar-refractivity contribution in [3.63, 3.8) is 0 Å². The fourth-order valence-electron chi connectivity index (χ4n) is 3.93. The van der Waals surface area contributed by atoms with Gasteiger partial charge in [0, 0.05) is 36.3 Å². The van der Waals surface area contributed by atoms with Gasteiger partial charge in [-0.3, -0.25) is 9.59 Å². The van der Waals surface area contributed by atoms with Crippen LogP contribution in [0.5, 0.6) is 0 Å². The number of cyclic esters (lactones) is 1. The Balaban J connectivity index is 2.70. The maximum atomic E-state index is 12.9. The van der Waals surface area contributed by atoms with E-state index in [0.29, 0.717) is 24.3 Å². The maximum Gasteiger partial charge on any atom is 0.404 e. The molecule has 1 rings (SSSR count). The minimum absolute atomic E-state index is 0.0196. The van der Waals surface area contributed by atoms with Gasteiger partial charge in [0.2, 0.25) is 11.8 Å². The molecule has 0 saturated heterocycles. The lowest BCUT2D eigenvalue weighted by molar-refractivity contribution is -0.151. The summed E-state index contributed by atoms with van der Waals surface area (Å²) < 4.78 is 15.5. The summed E-state index contributed by atoms with van der Waals surface area (Å²) in [7, 11) is 1.43. The van der Waals surface area contributed by atoms with Crippen LogP contribution in [0, 0.1) is 11.3 Å². The molecule has 0 aromatic carbocycles.